The van der Waals surface area contributed by atoms with Gasteiger partial charge in [-0.2, -0.15) is 0 Å². The predicted molar refractivity (Wildman–Crippen MR) is 50.4 cm³/mol. The lowest BCUT2D eigenvalue weighted by atomic mass is 10.1. The normalized spacial score (nSPS) is 19.8. The van der Waals surface area contributed by atoms with Gasteiger partial charge in [0.2, 0.25) is 0 Å². The van der Waals surface area contributed by atoms with Crippen molar-refractivity contribution in [2.75, 3.05) is 0 Å². The van der Waals surface area contributed by atoms with Gasteiger partial charge in [0.1, 0.15) is 11.9 Å². The monoisotopic (exact) mass is 246 g/mol. The quantitative estimate of drug-likeness (QED) is 0.745. The van der Waals surface area contributed by atoms with E-state index in [1.807, 2.05) is 6.92 Å². The van der Waals surface area contributed by atoms with Crippen LogP contribution in [0.2, 0.25) is 0 Å². The number of hydrogen-bond donors (Lipinski definition) is 1. The molecule has 0 amide bonds. The van der Waals surface area contributed by atoms with E-state index in [9.17, 15) is 4.39 Å². The molecule has 0 fully saturated rings. The Morgan fingerprint density at radius 1 is 1.69 bits per heavy atom. The van der Waals surface area contributed by atoms with Gasteiger partial charge in [-0.05, 0) is 22.9 Å². The third kappa shape index (κ3) is 1.34. The van der Waals surface area contributed by atoms with Gasteiger partial charge in [0.25, 0.3) is 0 Å². The third-order valence-electron chi connectivity index (χ3n) is 2.15. The number of hydrogen-bond acceptors (Lipinski definition) is 1. The zero-order valence-corrected chi connectivity index (χ0v) is 8.82. The molecule has 0 aliphatic carbocycles. The van der Waals surface area contributed by atoms with Crippen LogP contribution in [0.15, 0.2) is 10.5 Å². The summed E-state index contributed by atoms with van der Waals surface area (Å²) < 4.78 is 19.2. The van der Waals surface area contributed by atoms with Crippen molar-refractivity contribution in [2.45, 2.75) is 19.4 Å². The molecule has 3 N–H and O–H groups in total. The second kappa shape index (κ2) is 2.96. The maximum atomic E-state index is 13.2. The van der Waals surface area contributed by atoms with E-state index in [1.165, 1.54) is 6.07 Å². The summed E-state index contributed by atoms with van der Waals surface area (Å²) in [6, 6.07) is 1.39. The average molecular weight is 247 g/mol. The van der Waals surface area contributed by atoms with Gasteiger partial charge in [0, 0.05) is 18.1 Å². The zero-order chi connectivity index (χ0) is 9.59. The molecule has 2 rings (SSSR count). The fraction of sp³-hybridized carbons (Fsp3) is 0.333. The smallest absolute Gasteiger partial charge is 0.184 e. The van der Waals surface area contributed by atoms with E-state index in [0.717, 1.165) is 17.7 Å². The second-order valence-electron chi connectivity index (χ2n) is 3.27. The van der Waals surface area contributed by atoms with Crippen molar-refractivity contribution in [1.29, 1.82) is 0 Å². The lowest BCUT2D eigenvalue weighted by molar-refractivity contribution is -0.256. The van der Waals surface area contributed by atoms with Gasteiger partial charge >= 0.3 is 0 Å². The Bertz CT molecular complexity index is 367. The molecule has 0 spiro atoms. The maximum absolute atomic E-state index is 13.2. The molecular formula is C9H10BrFNO+. The van der Waals surface area contributed by atoms with Crippen LogP contribution >= 0.6 is 15.9 Å². The van der Waals surface area contributed by atoms with E-state index >= 15 is 0 Å². The maximum Gasteiger partial charge on any atom is 0.184 e. The van der Waals surface area contributed by atoms with Crippen LogP contribution in [0.3, 0.4) is 0 Å². The van der Waals surface area contributed by atoms with Crippen LogP contribution < -0.4 is 10.5 Å². The van der Waals surface area contributed by atoms with Gasteiger partial charge in [0.05, 0.1) is 4.47 Å². The van der Waals surface area contributed by atoms with Crippen molar-refractivity contribution >= 4 is 21.6 Å². The molecule has 13 heavy (non-hydrogen) atoms. The van der Waals surface area contributed by atoms with E-state index < -0.39 is 0 Å². The summed E-state index contributed by atoms with van der Waals surface area (Å²) >= 11 is 3.21. The Labute approximate surface area is 84.0 Å². The molecule has 0 radical (unpaired) electrons. The van der Waals surface area contributed by atoms with Crippen LogP contribution in [-0.4, -0.2) is 6.10 Å². The molecule has 70 valence electrons. The summed E-state index contributed by atoms with van der Waals surface area (Å²) in [6.07, 6.45) is 0.865. The Morgan fingerprint density at radius 2 is 2.38 bits per heavy atom. The van der Waals surface area contributed by atoms with Crippen molar-refractivity contribution in [3.8, 4) is 5.75 Å². The van der Waals surface area contributed by atoms with E-state index in [-0.39, 0.29) is 11.9 Å². The summed E-state index contributed by atoms with van der Waals surface area (Å²) in [5.74, 6) is 0.474. The van der Waals surface area contributed by atoms with E-state index in [2.05, 4.69) is 21.7 Å². The van der Waals surface area contributed by atoms with Crippen LogP contribution in [0.5, 0.6) is 5.75 Å². The molecule has 4 heteroatoms. The van der Waals surface area contributed by atoms with Gasteiger partial charge in [-0.1, -0.05) is 0 Å². The van der Waals surface area contributed by atoms with Crippen LogP contribution in [0.1, 0.15) is 12.5 Å². The molecule has 0 saturated carbocycles. The summed E-state index contributed by atoms with van der Waals surface area (Å²) in [6.45, 7) is 1.96. The number of quaternary nitrogens is 1. The van der Waals surface area contributed by atoms with Gasteiger partial charge in [0.15, 0.2) is 11.4 Å². The lowest BCUT2D eigenvalue weighted by Crippen LogP contribution is -2.40. The summed E-state index contributed by atoms with van der Waals surface area (Å²) in [4.78, 5) is 0. The van der Waals surface area contributed by atoms with Crippen molar-refractivity contribution in [1.82, 2.24) is 0 Å². The molecule has 2 nitrogen and oxygen atoms in total. The Balaban J connectivity index is 2.62. The zero-order valence-electron chi connectivity index (χ0n) is 7.23. The summed E-state index contributed by atoms with van der Waals surface area (Å²) in [7, 11) is 0. The van der Waals surface area contributed by atoms with Crippen LogP contribution in [0.25, 0.3) is 0 Å². The highest BCUT2D eigenvalue weighted by atomic mass is 79.9. The molecule has 0 saturated heterocycles. The topological polar surface area (TPSA) is 36.9 Å². The van der Waals surface area contributed by atoms with Crippen molar-refractivity contribution in [3.63, 3.8) is 0 Å². The first-order valence-corrected chi connectivity index (χ1v) is 4.88. The molecule has 1 aliphatic heterocycles. The fourth-order valence-electron chi connectivity index (χ4n) is 1.58. The third-order valence-corrected chi connectivity index (χ3v) is 3.01. The Kier molecular flexibility index (Phi) is 2.04. The van der Waals surface area contributed by atoms with Crippen molar-refractivity contribution < 1.29 is 14.9 Å². The summed E-state index contributed by atoms with van der Waals surface area (Å²) in [5.41, 5.74) is 5.27. The first-order valence-electron chi connectivity index (χ1n) is 4.09. The van der Waals surface area contributed by atoms with Crippen molar-refractivity contribution in [3.05, 3.63) is 21.9 Å². The largest absolute Gasteiger partial charge is 0.484 e. The van der Waals surface area contributed by atoms with E-state index in [4.69, 9.17) is 4.74 Å². The van der Waals surface area contributed by atoms with E-state index in [1.54, 1.807) is 0 Å². The van der Waals surface area contributed by atoms with E-state index in [0.29, 0.717) is 10.2 Å². The highest BCUT2D eigenvalue weighted by Crippen LogP contribution is 2.39. The minimum absolute atomic E-state index is 0.119. The van der Waals surface area contributed by atoms with Gasteiger partial charge < -0.3 is 10.5 Å². The molecule has 0 bridgehead atoms. The average Bonchev–Trinajstić information content (AvgIpc) is 2.44. The highest BCUT2D eigenvalue weighted by Gasteiger charge is 2.27. The lowest BCUT2D eigenvalue weighted by Gasteiger charge is -2.03. The molecule has 1 aliphatic rings. The molecule has 1 aromatic carbocycles. The SMILES string of the molecule is C[C@@H]1Cc2c(Br)c(F)cc([NH3+])c2O1. The number of fused-ring (bicyclic) bond motifs is 1. The fourth-order valence-corrected chi connectivity index (χ4v) is 2.04. The van der Waals surface area contributed by atoms with Crippen LogP contribution in [0, 0.1) is 5.82 Å². The number of benzene rings is 1. The van der Waals surface area contributed by atoms with Gasteiger partial charge in [-0.25, -0.2) is 4.39 Å². The Morgan fingerprint density at radius 3 is 3.08 bits per heavy atom. The number of ether oxygens (including phenoxy) is 1. The van der Waals surface area contributed by atoms with Crippen molar-refractivity contribution in [2.24, 2.45) is 0 Å². The first kappa shape index (κ1) is 8.97. The molecule has 0 aromatic heterocycles. The highest BCUT2D eigenvalue weighted by molar-refractivity contribution is 9.10. The minimum Gasteiger partial charge on any atom is -0.484 e. The van der Waals surface area contributed by atoms with Crippen LogP contribution in [-0.2, 0) is 6.42 Å². The minimum atomic E-state index is -0.263. The molecule has 0 unspecified atom stereocenters. The Hall–Kier alpha value is -0.610. The van der Waals surface area contributed by atoms with Crippen LogP contribution in [0.4, 0.5) is 10.1 Å². The van der Waals surface area contributed by atoms with Gasteiger partial charge in [-0.3, -0.25) is 0 Å². The number of rotatable bonds is 0. The van der Waals surface area contributed by atoms with Gasteiger partial charge in [-0.15, -0.1) is 0 Å². The molecule has 1 atom stereocenters. The first-order chi connectivity index (χ1) is 6.09. The molecule has 1 heterocycles. The molecule has 1 aromatic rings. The standard InChI is InChI=1S/C9H9BrFNO/c1-4-2-5-8(10)6(11)3-7(12)9(5)13-4/h3-4H,2,12H2,1H3/p+1/t4-/m1/s1. The molecular weight excluding hydrogens is 237 g/mol. The number of halogens is 2. The second-order valence-corrected chi connectivity index (χ2v) is 4.06. The summed E-state index contributed by atoms with van der Waals surface area (Å²) in [5, 5.41) is 0. The predicted octanol–water partition coefficient (Wildman–Crippen LogP) is 1.78.